The number of hydrogen-bond donors (Lipinski definition) is 0. The predicted octanol–water partition coefficient (Wildman–Crippen LogP) is 7.71. The van der Waals surface area contributed by atoms with Gasteiger partial charge in [0.1, 0.15) is 0 Å². The average molecular weight is 409 g/mol. The molecule has 0 heterocycles. The SMILES string of the molecule is CCC/C=C(/N=C(N=C(C)c1ccc(C)cc1)c1ccc(C)cc1)c1ccc(C)cc1. The highest BCUT2D eigenvalue weighted by atomic mass is 14.9. The lowest BCUT2D eigenvalue weighted by molar-refractivity contribution is 0.958. The van der Waals surface area contributed by atoms with Crippen LogP contribution in [-0.2, 0) is 0 Å². The molecule has 0 radical (unpaired) electrons. The van der Waals surface area contributed by atoms with Crippen molar-refractivity contribution in [2.24, 2.45) is 9.98 Å². The van der Waals surface area contributed by atoms with Crippen LogP contribution in [-0.4, -0.2) is 11.5 Å². The summed E-state index contributed by atoms with van der Waals surface area (Å²) >= 11 is 0. The van der Waals surface area contributed by atoms with Crippen LogP contribution < -0.4 is 0 Å². The maximum Gasteiger partial charge on any atom is 0.160 e. The average Bonchev–Trinajstić information content (AvgIpc) is 2.77. The monoisotopic (exact) mass is 408 g/mol. The minimum atomic E-state index is 0.737. The third-order valence-electron chi connectivity index (χ3n) is 5.25. The molecule has 3 aromatic rings. The summed E-state index contributed by atoms with van der Waals surface area (Å²) in [5.41, 5.74) is 8.89. The Morgan fingerprint density at radius 1 is 0.645 bits per heavy atom. The summed E-state index contributed by atoms with van der Waals surface area (Å²) in [7, 11) is 0. The number of rotatable bonds is 6. The van der Waals surface area contributed by atoms with E-state index < -0.39 is 0 Å². The van der Waals surface area contributed by atoms with Crippen LogP contribution in [0.5, 0.6) is 0 Å². The highest BCUT2D eigenvalue weighted by molar-refractivity contribution is 6.12. The van der Waals surface area contributed by atoms with E-state index in [4.69, 9.17) is 9.98 Å². The zero-order valence-electron chi connectivity index (χ0n) is 19.3. The van der Waals surface area contributed by atoms with Gasteiger partial charge >= 0.3 is 0 Å². The van der Waals surface area contributed by atoms with Gasteiger partial charge in [-0.15, -0.1) is 0 Å². The van der Waals surface area contributed by atoms with Crippen molar-refractivity contribution in [1.82, 2.24) is 0 Å². The normalized spacial score (nSPS) is 12.9. The molecule has 31 heavy (non-hydrogen) atoms. The van der Waals surface area contributed by atoms with Gasteiger partial charge in [0, 0.05) is 11.3 Å². The molecule has 2 nitrogen and oxygen atoms in total. The zero-order chi connectivity index (χ0) is 22.2. The second-order valence-corrected chi connectivity index (χ2v) is 8.11. The molecule has 0 aliphatic rings. The Morgan fingerprint density at radius 2 is 1.10 bits per heavy atom. The number of unbranched alkanes of at least 4 members (excludes halogenated alkanes) is 1. The van der Waals surface area contributed by atoms with Gasteiger partial charge in [-0.1, -0.05) is 109 Å². The van der Waals surface area contributed by atoms with E-state index in [2.05, 4.69) is 113 Å². The van der Waals surface area contributed by atoms with E-state index in [0.29, 0.717) is 0 Å². The van der Waals surface area contributed by atoms with E-state index in [0.717, 1.165) is 46.8 Å². The molecule has 0 saturated heterocycles. The van der Waals surface area contributed by atoms with Crippen LogP contribution in [0.1, 0.15) is 60.1 Å². The van der Waals surface area contributed by atoms with Crippen LogP contribution >= 0.6 is 0 Å². The molecule has 0 aliphatic carbocycles. The van der Waals surface area contributed by atoms with Crippen LogP contribution in [0.3, 0.4) is 0 Å². The predicted molar refractivity (Wildman–Crippen MR) is 135 cm³/mol. The number of hydrogen-bond acceptors (Lipinski definition) is 1. The number of benzene rings is 3. The van der Waals surface area contributed by atoms with Gasteiger partial charge in [-0.3, -0.25) is 0 Å². The zero-order valence-corrected chi connectivity index (χ0v) is 19.3. The molecule has 0 atom stereocenters. The first-order valence-corrected chi connectivity index (χ1v) is 11.0. The lowest BCUT2D eigenvalue weighted by Gasteiger charge is -2.09. The van der Waals surface area contributed by atoms with Crippen LogP contribution in [0.2, 0.25) is 0 Å². The summed E-state index contributed by atoms with van der Waals surface area (Å²) in [4.78, 5) is 10.1. The van der Waals surface area contributed by atoms with E-state index in [9.17, 15) is 0 Å². The van der Waals surface area contributed by atoms with Crippen LogP contribution in [0.15, 0.2) is 88.9 Å². The molecule has 0 bridgehead atoms. The number of amidine groups is 1. The number of aryl methyl sites for hydroxylation is 3. The fourth-order valence-corrected chi connectivity index (χ4v) is 3.22. The Hall–Kier alpha value is -3.26. The first-order valence-electron chi connectivity index (χ1n) is 11.0. The van der Waals surface area contributed by atoms with Gasteiger partial charge in [0.25, 0.3) is 0 Å². The number of aliphatic imine (C=N–C) groups is 2. The fraction of sp³-hybridized carbons (Fsp3) is 0.241. The molecule has 0 amide bonds. The van der Waals surface area contributed by atoms with E-state index >= 15 is 0 Å². The van der Waals surface area contributed by atoms with Gasteiger partial charge in [-0.2, -0.15) is 0 Å². The smallest absolute Gasteiger partial charge is 0.160 e. The van der Waals surface area contributed by atoms with Crippen molar-refractivity contribution in [2.45, 2.75) is 47.5 Å². The molecular weight excluding hydrogens is 376 g/mol. The molecule has 2 heteroatoms. The molecule has 0 saturated carbocycles. The quantitative estimate of drug-likeness (QED) is 0.295. The Balaban J connectivity index is 2.11. The molecule has 0 N–H and O–H groups in total. The third-order valence-corrected chi connectivity index (χ3v) is 5.25. The van der Waals surface area contributed by atoms with Crippen molar-refractivity contribution < 1.29 is 0 Å². The molecule has 0 aliphatic heterocycles. The van der Waals surface area contributed by atoms with Gasteiger partial charge in [-0.05, 0) is 45.2 Å². The van der Waals surface area contributed by atoms with Gasteiger partial charge in [0.05, 0.1) is 5.70 Å². The minimum Gasteiger partial charge on any atom is -0.233 e. The summed E-state index contributed by atoms with van der Waals surface area (Å²) in [5.74, 6) is 0.737. The molecule has 3 aromatic carbocycles. The van der Waals surface area contributed by atoms with Crippen molar-refractivity contribution in [3.8, 4) is 0 Å². The van der Waals surface area contributed by atoms with Crippen molar-refractivity contribution in [1.29, 1.82) is 0 Å². The third kappa shape index (κ3) is 6.36. The van der Waals surface area contributed by atoms with Crippen LogP contribution in [0.25, 0.3) is 5.70 Å². The lowest BCUT2D eigenvalue weighted by atomic mass is 10.1. The minimum absolute atomic E-state index is 0.737. The van der Waals surface area contributed by atoms with Crippen LogP contribution in [0, 0.1) is 20.8 Å². The summed E-state index contributed by atoms with van der Waals surface area (Å²) in [6.07, 6.45) is 4.28. The number of nitrogens with zero attached hydrogens (tertiary/aromatic N) is 2. The Labute approximate surface area is 187 Å². The highest BCUT2D eigenvalue weighted by Gasteiger charge is 2.08. The molecule has 0 spiro atoms. The summed E-state index contributed by atoms with van der Waals surface area (Å²) in [6.45, 7) is 10.5. The van der Waals surface area contributed by atoms with Crippen molar-refractivity contribution in [3.63, 3.8) is 0 Å². The summed E-state index contributed by atoms with van der Waals surface area (Å²) in [5, 5.41) is 0. The molecule has 0 fully saturated rings. The van der Waals surface area contributed by atoms with Crippen LogP contribution in [0.4, 0.5) is 0 Å². The first kappa shape index (κ1) is 22.4. The molecule has 158 valence electrons. The highest BCUT2D eigenvalue weighted by Crippen LogP contribution is 2.21. The van der Waals surface area contributed by atoms with Gasteiger partial charge < -0.3 is 0 Å². The van der Waals surface area contributed by atoms with Crippen molar-refractivity contribution in [2.75, 3.05) is 0 Å². The molecule has 0 unspecified atom stereocenters. The maximum absolute atomic E-state index is 5.09. The Bertz CT molecular complexity index is 1080. The van der Waals surface area contributed by atoms with Gasteiger partial charge in [0.15, 0.2) is 5.84 Å². The largest absolute Gasteiger partial charge is 0.233 e. The van der Waals surface area contributed by atoms with Crippen molar-refractivity contribution >= 4 is 17.2 Å². The van der Waals surface area contributed by atoms with E-state index in [-0.39, 0.29) is 0 Å². The molecule has 0 aromatic heterocycles. The maximum atomic E-state index is 5.09. The lowest BCUT2D eigenvalue weighted by Crippen LogP contribution is -2.04. The topological polar surface area (TPSA) is 24.7 Å². The summed E-state index contributed by atoms with van der Waals surface area (Å²) < 4.78 is 0. The summed E-state index contributed by atoms with van der Waals surface area (Å²) in [6, 6.07) is 25.5. The number of allylic oxidation sites excluding steroid dienone is 1. The van der Waals surface area contributed by atoms with Crippen molar-refractivity contribution in [3.05, 3.63) is 112 Å². The second-order valence-electron chi connectivity index (χ2n) is 8.11. The Kier molecular flexibility index (Phi) is 7.72. The van der Waals surface area contributed by atoms with Gasteiger partial charge in [0.2, 0.25) is 0 Å². The fourth-order valence-electron chi connectivity index (χ4n) is 3.22. The Morgan fingerprint density at radius 3 is 1.58 bits per heavy atom. The second kappa shape index (κ2) is 10.7. The van der Waals surface area contributed by atoms with E-state index in [1.807, 2.05) is 0 Å². The standard InChI is InChI=1S/C29H32N2/c1-6-7-8-28(26-17-11-22(3)12-18-26)31-29(27-19-13-23(4)14-20-27)30-24(5)25-15-9-21(2)10-16-25/h8-20H,6-7H2,1-5H3/b28-8+,30-24?,31-29?. The first-order chi connectivity index (χ1) is 15.0. The molecular formula is C29H32N2. The van der Waals surface area contributed by atoms with E-state index in [1.165, 1.54) is 16.7 Å². The van der Waals surface area contributed by atoms with E-state index in [1.54, 1.807) is 0 Å². The van der Waals surface area contributed by atoms with Gasteiger partial charge in [-0.25, -0.2) is 9.98 Å². The molecule has 3 rings (SSSR count).